The summed E-state index contributed by atoms with van der Waals surface area (Å²) in [5.41, 5.74) is 0. The van der Waals surface area contributed by atoms with Crippen molar-refractivity contribution in [2.45, 2.75) is 0 Å². The van der Waals surface area contributed by atoms with Gasteiger partial charge in [0.2, 0.25) is 0 Å². The number of hydrogen-bond acceptors (Lipinski definition) is 10. The standard InChI is InChI=1S/C26H46I2N2O8/c1-29(2)5-7-31-9-11-33-13-15-35-17-19-37-25-21-24(28)26(22-23(25)27)38-20-18-36-16-14-34-12-10-32-8-6-30(3)4/h21-22H,5-20H2,1-4H3. The summed E-state index contributed by atoms with van der Waals surface area (Å²) in [6.07, 6.45) is 0. The van der Waals surface area contributed by atoms with Crippen LogP contribution in [-0.4, -0.2) is 144 Å². The van der Waals surface area contributed by atoms with E-state index >= 15 is 0 Å². The van der Waals surface area contributed by atoms with Crippen LogP contribution in [0.3, 0.4) is 0 Å². The van der Waals surface area contributed by atoms with Crippen molar-refractivity contribution in [2.24, 2.45) is 0 Å². The first-order chi connectivity index (χ1) is 18.4. The predicted octanol–water partition coefficient (Wildman–Crippen LogP) is 2.88. The molecule has 0 saturated heterocycles. The number of likely N-dealkylation sites (N-methyl/N-ethyl adjacent to an activating group) is 2. The summed E-state index contributed by atoms with van der Waals surface area (Å²) in [6.45, 7) is 9.70. The lowest BCUT2D eigenvalue weighted by Gasteiger charge is -2.13. The van der Waals surface area contributed by atoms with Crippen LogP contribution in [0.4, 0.5) is 0 Å². The summed E-state index contributed by atoms with van der Waals surface area (Å²) in [4.78, 5) is 4.17. The Hall–Kier alpha value is -0.0400. The van der Waals surface area contributed by atoms with E-state index in [0.29, 0.717) is 92.5 Å². The fourth-order valence-corrected chi connectivity index (χ4v) is 3.92. The van der Waals surface area contributed by atoms with Crippen molar-refractivity contribution in [3.63, 3.8) is 0 Å². The van der Waals surface area contributed by atoms with Crippen molar-refractivity contribution in [1.82, 2.24) is 9.80 Å². The molecule has 0 aliphatic heterocycles. The van der Waals surface area contributed by atoms with Crippen LogP contribution < -0.4 is 9.47 Å². The monoisotopic (exact) mass is 768 g/mol. The topological polar surface area (TPSA) is 80.3 Å². The first-order valence-electron chi connectivity index (χ1n) is 12.9. The lowest BCUT2D eigenvalue weighted by atomic mass is 10.3. The van der Waals surface area contributed by atoms with Crippen LogP contribution in [0.2, 0.25) is 0 Å². The maximum absolute atomic E-state index is 5.88. The molecule has 0 spiro atoms. The van der Waals surface area contributed by atoms with Gasteiger partial charge >= 0.3 is 0 Å². The smallest absolute Gasteiger partial charge is 0.134 e. The van der Waals surface area contributed by atoms with Gasteiger partial charge in [0.25, 0.3) is 0 Å². The number of ether oxygens (including phenoxy) is 8. The maximum Gasteiger partial charge on any atom is 0.134 e. The third-order valence-corrected chi connectivity index (χ3v) is 6.50. The Balaban J connectivity index is 2.03. The summed E-state index contributed by atoms with van der Waals surface area (Å²) in [7, 11) is 8.10. The molecule has 0 heterocycles. The molecule has 0 fully saturated rings. The number of benzene rings is 1. The molecule has 0 atom stereocenters. The van der Waals surface area contributed by atoms with Gasteiger partial charge in [-0.25, -0.2) is 0 Å². The van der Waals surface area contributed by atoms with Gasteiger partial charge in [-0.05, 0) is 85.5 Å². The average Bonchev–Trinajstić information content (AvgIpc) is 2.87. The lowest BCUT2D eigenvalue weighted by Crippen LogP contribution is -2.19. The minimum atomic E-state index is 0.470. The Morgan fingerprint density at radius 2 is 0.711 bits per heavy atom. The van der Waals surface area contributed by atoms with Gasteiger partial charge in [-0.2, -0.15) is 0 Å². The van der Waals surface area contributed by atoms with Crippen LogP contribution in [0.15, 0.2) is 12.1 Å². The van der Waals surface area contributed by atoms with Gasteiger partial charge in [-0.1, -0.05) is 0 Å². The molecule has 0 amide bonds. The largest absolute Gasteiger partial charge is 0.490 e. The Morgan fingerprint density at radius 3 is 1.00 bits per heavy atom. The summed E-state index contributed by atoms with van der Waals surface area (Å²) >= 11 is 4.51. The molecule has 0 aromatic heterocycles. The van der Waals surface area contributed by atoms with Crippen molar-refractivity contribution >= 4 is 45.2 Å². The molecule has 38 heavy (non-hydrogen) atoms. The number of hydrogen-bond donors (Lipinski definition) is 0. The van der Waals surface area contributed by atoms with Crippen LogP contribution in [-0.2, 0) is 28.4 Å². The molecule has 0 saturated carbocycles. The van der Waals surface area contributed by atoms with Crippen LogP contribution in [0.25, 0.3) is 0 Å². The molecule has 222 valence electrons. The Morgan fingerprint density at radius 1 is 0.447 bits per heavy atom. The molecule has 10 nitrogen and oxygen atoms in total. The molecule has 0 aliphatic rings. The zero-order valence-electron chi connectivity index (χ0n) is 23.4. The molecule has 1 rings (SSSR count). The average molecular weight is 768 g/mol. The van der Waals surface area contributed by atoms with E-state index < -0.39 is 0 Å². The number of halogens is 2. The molecule has 0 aliphatic carbocycles. The second-order valence-corrected chi connectivity index (χ2v) is 11.0. The van der Waals surface area contributed by atoms with E-state index in [9.17, 15) is 0 Å². The summed E-state index contributed by atoms with van der Waals surface area (Å²) in [5.74, 6) is 1.63. The van der Waals surface area contributed by atoms with Gasteiger partial charge in [-0.15, -0.1) is 0 Å². The highest BCUT2D eigenvalue weighted by atomic mass is 127. The second-order valence-electron chi connectivity index (χ2n) is 8.69. The second kappa shape index (κ2) is 24.7. The van der Waals surface area contributed by atoms with E-state index in [0.717, 1.165) is 31.7 Å². The first kappa shape index (κ1) is 36.0. The number of rotatable bonds is 26. The SMILES string of the molecule is CN(C)CCOCCOCCOCCOc1cc(I)c(OCCOCCOCCOCCN(C)C)cc1I. The summed E-state index contributed by atoms with van der Waals surface area (Å²) < 4.78 is 46.8. The van der Waals surface area contributed by atoms with Gasteiger partial charge in [-0.3, -0.25) is 0 Å². The maximum atomic E-state index is 5.88. The quantitative estimate of drug-likeness (QED) is 0.104. The molecule has 0 radical (unpaired) electrons. The van der Waals surface area contributed by atoms with Crippen molar-refractivity contribution < 1.29 is 37.9 Å². The fraction of sp³-hybridized carbons (Fsp3) is 0.769. The zero-order valence-corrected chi connectivity index (χ0v) is 27.7. The van der Waals surface area contributed by atoms with Crippen LogP contribution in [0.5, 0.6) is 11.5 Å². The van der Waals surface area contributed by atoms with Gasteiger partial charge in [0.15, 0.2) is 0 Å². The minimum absolute atomic E-state index is 0.470. The highest BCUT2D eigenvalue weighted by Gasteiger charge is 2.09. The Kier molecular flexibility index (Phi) is 23.4. The molecule has 0 unspecified atom stereocenters. The molecule has 0 bridgehead atoms. The van der Waals surface area contributed by atoms with Crippen molar-refractivity contribution in [3.05, 3.63) is 19.3 Å². The van der Waals surface area contributed by atoms with E-state index in [1.165, 1.54) is 0 Å². The van der Waals surface area contributed by atoms with Gasteiger partial charge in [0.1, 0.15) is 24.7 Å². The van der Waals surface area contributed by atoms with Gasteiger partial charge in [0.05, 0.1) is 86.4 Å². The molecule has 1 aromatic carbocycles. The molecular weight excluding hydrogens is 722 g/mol. The van der Waals surface area contributed by atoms with Crippen molar-refractivity contribution in [2.75, 3.05) is 134 Å². The van der Waals surface area contributed by atoms with Gasteiger partial charge < -0.3 is 47.7 Å². The third kappa shape index (κ3) is 20.8. The van der Waals surface area contributed by atoms with Gasteiger partial charge in [0, 0.05) is 13.1 Å². The minimum Gasteiger partial charge on any atom is -0.490 e. The van der Waals surface area contributed by atoms with Crippen molar-refractivity contribution in [1.29, 1.82) is 0 Å². The van der Waals surface area contributed by atoms with E-state index in [1.807, 2.05) is 40.3 Å². The normalized spacial score (nSPS) is 11.6. The highest BCUT2D eigenvalue weighted by molar-refractivity contribution is 14.1. The molecule has 1 aromatic rings. The Bertz CT molecular complexity index is 644. The van der Waals surface area contributed by atoms with Crippen LogP contribution in [0, 0.1) is 7.14 Å². The Labute approximate surface area is 256 Å². The lowest BCUT2D eigenvalue weighted by molar-refractivity contribution is 0.00729. The van der Waals surface area contributed by atoms with E-state index in [2.05, 4.69) is 55.0 Å². The van der Waals surface area contributed by atoms with Crippen LogP contribution in [0.1, 0.15) is 0 Å². The van der Waals surface area contributed by atoms with Crippen LogP contribution >= 0.6 is 45.2 Å². The third-order valence-electron chi connectivity index (χ3n) is 4.81. The van der Waals surface area contributed by atoms with Crippen molar-refractivity contribution in [3.8, 4) is 11.5 Å². The summed E-state index contributed by atoms with van der Waals surface area (Å²) in [5, 5.41) is 0. The predicted molar refractivity (Wildman–Crippen MR) is 165 cm³/mol. The molecule has 0 N–H and O–H groups in total. The van der Waals surface area contributed by atoms with E-state index in [1.54, 1.807) is 0 Å². The molecular formula is C26H46I2N2O8. The summed E-state index contributed by atoms with van der Waals surface area (Å²) in [6, 6.07) is 3.96. The molecule has 12 heteroatoms. The van der Waals surface area contributed by atoms with E-state index in [4.69, 9.17) is 37.9 Å². The van der Waals surface area contributed by atoms with E-state index in [-0.39, 0.29) is 0 Å². The first-order valence-corrected chi connectivity index (χ1v) is 15.1. The fourth-order valence-electron chi connectivity index (χ4n) is 2.73. The highest BCUT2D eigenvalue weighted by Crippen LogP contribution is 2.31. The number of nitrogens with zero attached hydrogens (tertiary/aromatic N) is 2. The zero-order chi connectivity index (χ0) is 27.8.